The number of aryl methyl sites for hydroxylation is 2. The van der Waals surface area contributed by atoms with Crippen molar-refractivity contribution in [3.8, 4) is 11.5 Å². The molecule has 0 saturated heterocycles. The van der Waals surface area contributed by atoms with Crippen LogP contribution in [0.3, 0.4) is 0 Å². The van der Waals surface area contributed by atoms with Gasteiger partial charge in [0.05, 0.1) is 5.56 Å². The summed E-state index contributed by atoms with van der Waals surface area (Å²) in [5.74, 6) is 0.00947. The standard InChI is InChI=1S/C15H12FNO/c1-9-7-10(2)14-13(8-9)18-15(17-14)11-5-3-4-6-12(11)16/h3-8H,1-2H3. The molecule has 0 fully saturated rings. The average molecular weight is 241 g/mol. The van der Waals surface area contributed by atoms with Crippen LogP contribution in [-0.2, 0) is 0 Å². The summed E-state index contributed by atoms with van der Waals surface area (Å²) in [6, 6.07) is 10.4. The largest absolute Gasteiger partial charge is 0.436 e. The molecule has 0 aliphatic carbocycles. The predicted octanol–water partition coefficient (Wildman–Crippen LogP) is 4.25. The number of fused-ring (bicyclic) bond motifs is 1. The summed E-state index contributed by atoms with van der Waals surface area (Å²) in [5.41, 5.74) is 4.03. The van der Waals surface area contributed by atoms with Crippen LogP contribution in [0.4, 0.5) is 4.39 Å². The predicted molar refractivity (Wildman–Crippen MR) is 68.9 cm³/mol. The van der Waals surface area contributed by atoms with E-state index in [9.17, 15) is 4.39 Å². The van der Waals surface area contributed by atoms with E-state index >= 15 is 0 Å². The van der Waals surface area contributed by atoms with E-state index in [2.05, 4.69) is 4.98 Å². The zero-order valence-electron chi connectivity index (χ0n) is 10.2. The molecule has 0 radical (unpaired) electrons. The minimum Gasteiger partial charge on any atom is -0.436 e. The van der Waals surface area contributed by atoms with E-state index in [1.807, 2.05) is 26.0 Å². The molecule has 0 unspecified atom stereocenters. The second-order valence-electron chi connectivity index (χ2n) is 4.43. The molecule has 2 aromatic carbocycles. The molecule has 1 aromatic heterocycles. The van der Waals surface area contributed by atoms with Crippen molar-refractivity contribution in [2.45, 2.75) is 13.8 Å². The topological polar surface area (TPSA) is 26.0 Å². The third-order valence-electron chi connectivity index (χ3n) is 2.93. The Morgan fingerprint density at radius 2 is 1.89 bits per heavy atom. The molecule has 3 rings (SSSR count). The molecule has 0 atom stereocenters. The molecule has 3 heteroatoms. The quantitative estimate of drug-likeness (QED) is 0.636. The Morgan fingerprint density at radius 3 is 2.67 bits per heavy atom. The molecule has 0 bridgehead atoms. The maximum absolute atomic E-state index is 13.7. The van der Waals surface area contributed by atoms with Crippen molar-refractivity contribution in [2.75, 3.05) is 0 Å². The van der Waals surface area contributed by atoms with Crippen molar-refractivity contribution >= 4 is 11.1 Å². The van der Waals surface area contributed by atoms with Gasteiger partial charge in [0.2, 0.25) is 5.89 Å². The van der Waals surface area contributed by atoms with Crippen LogP contribution in [0.15, 0.2) is 40.8 Å². The van der Waals surface area contributed by atoms with Gasteiger partial charge in [0.25, 0.3) is 0 Å². The maximum atomic E-state index is 13.7. The van der Waals surface area contributed by atoms with Crippen LogP contribution in [0.25, 0.3) is 22.6 Å². The fraction of sp³-hybridized carbons (Fsp3) is 0.133. The molecule has 3 aromatic rings. The van der Waals surface area contributed by atoms with Gasteiger partial charge in [-0.15, -0.1) is 0 Å². The van der Waals surface area contributed by atoms with Crippen LogP contribution >= 0.6 is 0 Å². The van der Waals surface area contributed by atoms with Crippen LogP contribution in [-0.4, -0.2) is 4.98 Å². The lowest BCUT2D eigenvalue weighted by molar-refractivity contribution is 0.593. The van der Waals surface area contributed by atoms with E-state index in [-0.39, 0.29) is 5.82 Å². The number of aromatic nitrogens is 1. The van der Waals surface area contributed by atoms with Crippen molar-refractivity contribution in [1.82, 2.24) is 4.98 Å². The minimum absolute atomic E-state index is 0.321. The first-order valence-corrected chi connectivity index (χ1v) is 5.78. The molecule has 18 heavy (non-hydrogen) atoms. The van der Waals surface area contributed by atoms with Gasteiger partial charge in [-0.05, 0) is 43.2 Å². The van der Waals surface area contributed by atoms with Crippen molar-refractivity contribution in [3.63, 3.8) is 0 Å². The summed E-state index contributed by atoms with van der Waals surface area (Å²) in [6.45, 7) is 3.97. The number of hydrogen-bond acceptors (Lipinski definition) is 2. The molecule has 0 amide bonds. The second kappa shape index (κ2) is 3.95. The number of hydrogen-bond donors (Lipinski definition) is 0. The highest BCUT2D eigenvalue weighted by molar-refractivity contribution is 5.80. The average Bonchev–Trinajstić information content (AvgIpc) is 2.73. The number of rotatable bonds is 1. The summed E-state index contributed by atoms with van der Waals surface area (Å²) in [5, 5.41) is 0. The summed E-state index contributed by atoms with van der Waals surface area (Å²) >= 11 is 0. The highest BCUT2D eigenvalue weighted by Crippen LogP contribution is 2.28. The second-order valence-corrected chi connectivity index (χ2v) is 4.43. The SMILES string of the molecule is Cc1cc(C)c2nc(-c3ccccc3F)oc2c1. The Balaban J connectivity index is 2.26. The highest BCUT2D eigenvalue weighted by atomic mass is 19.1. The Hall–Kier alpha value is -2.16. The summed E-state index contributed by atoms with van der Waals surface area (Å²) in [4.78, 5) is 4.38. The Bertz CT molecular complexity index is 730. The molecular formula is C15H12FNO. The summed E-state index contributed by atoms with van der Waals surface area (Å²) < 4.78 is 19.3. The van der Waals surface area contributed by atoms with Gasteiger partial charge in [0.1, 0.15) is 11.3 Å². The van der Waals surface area contributed by atoms with Gasteiger partial charge in [-0.2, -0.15) is 0 Å². The number of benzene rings is 2. The van der Waals surface area contributed by atoms with E-state index in [1.54, 1.807) is 18.2 Å². The van der Waals surface area contributed by atoms with Gasteiger partial charge < -0.3 is 4.42 Å². The number of nitrogens with zero attached hydrogens (tertiary/aromatic N) is 1. The van der Waals surface area contributed by atoms with Crippen LogP contribution in [0.2, 0.25) is 0 Å². The van der Waals surface area contributed by atoms with Crippen LogP contribution < -0.4 is 0 Å². The smallest absolute Gasteiger partial charge is 0.230 e. The molecule has 0 aliphatic rings. The molecule has 0 saturated carbocycles. The van der Waals surface area contributed by atoms with Gasteiger partial charge in [-0.1, -0.05) is 18.2 Å². The molecule has 0 aliphatic heterocycles. The zero-order chi connectivity index (χ0) is 12.7. The third-order valence-corrected chi connectivity index (χ3v) is 2.93. The summed E-state index contributed by atoms with van der Waals surface area (Å²) in [6.07, 6.45) is 0. The number of halogens is 1. The lowest BCUT2D eigenvalue weighted by atomic mass is 10.1. The number of oxazole rings is 1. The van der Waals surface area contributed by atoms with E-state index in [1.165, 1.54) is 6.07 Å². The highest BCUT2D eigenvalue weighted by Gasteiger charge is 2.13. The fourth-order valence-corrected chi connectivity index (χ4v) is 2.12. The lowest BCUT2D eigenvalue weighted by Gasteiger charge is -1.95. The van der Waals surface area contributed by atoms with E-state index in [0.717, 1.165) is 16.6 Å². The molecule has 0 spiro atoms. The molecule has 2 nitrogen and oxygen atoms in total. The van der Waals surface area contributed by atoms with E-state index in [4.69, 9.17) is 4.42 Å². The Labute approximate surface area is 104 Å². The lowest BCUT2D eigenvalue weighted by Crippen LogP contribution is -1.83. The normalized spacial score (nSPS) is 11.1. The van der Waals surface area contributed by atoms with Crippen LogP contribution in [0.5, 0.6) is 0 Å². The fourth-order valence-electron chi connectivity index (χ4n) is 2.12. The van der Waals surface area contributed by atoms with Gasteiger partial charge >= 0.3 is 0 Å². The third kappa shape index (κ3) is 1.68. The van der Waals surface area contributed by atoms with Gasteiger partial charge in [-0.25, -0.2) is 9.37 Å². The van der Waals surface area contributed by atoms with Gasteiger partial charge in [0, 0.05) is 0 Å². The van der Waals surface area contributed by atoms with E-state index < -0.39 is 0 Å². The first-order chi connectivity index (χ1) is 8.65. The molecule has 0 N–H and O–H groups in total. The van der Waals surface area contributed by atoms with Crippen molar-refractivity contribution in [3.05, 3.63) is 53.3 Å². The maximum Gasteiger partial charge on any atom is 0.230 e. The van der Waals surface area contributed by atoms with Crippen molar-refractivity contribution in [2.24, 2.45) is 0 Å². The summed E-state index contributed by atoms with van der Waals surface area (Å²) in [7, 11) is 0. The van der Waals surface area contributed by atoms with Gasteiger partial charge in [0.15, 0.2) is 5.58 Å². The van der Waals surface area contributed by atoms with Crippen molar-refractivity contribution < 1.29 is 8.81 Å². The minimum atomic E-state index is -0.321. The van der Waals surface area contributed by atoms with E-state index in [0.29, 0.717) is 17.0 Å². The van der Waals surface area contributed by atoms with Crippen LogP contribution in [0, 0.1) is 19.7 Å². The zero-order valence-corrected chi connectivity index (χ0v) is 10.2. The molecule has 1 heterocycles. The molecular weight excluding hydrogens is 229 g/mol. The first-order valence-electron chi connectivity index (χ1n) is 5.78. The Morgan fingerprint density at radius 1 is 1.11 bits per heavy atom. The monoisotopic (exact) mass is 241 g/mol. The molecule has 90 valence electrons. The van der Waals surface area contributed by atoms with Gasteiger partial charge in [-0.3, -0.25) is 0 Å². The van der Waals surface area contributed by atoms with Crippen LogP contribution in [0.1, 0.15) is 11.1 Å². The Kier molecular flexibility index (Phi) is 2.40. The first kappa shape index (κ1) is 11.0. The van der Waals surface area contributed by atoms with Crippen molar-refractivity contribution in [1.29, 1.82) is 0 Å².